The summed E-state index contributed by atoms with van der Waals surface area (Å²) >= 11 is 3.52. The first kappa shape index (κ1) is 19.4. The quantitative estimate of drug-likeness (QED) is 0.271. The van der Waals surface area contributed by atoms with Crippen LogP contribution in [-0.4, -0.2) is 23.3 Å². The van der Waals surface area contributed by atoms with Gasteiger partial charge in [0.05, 0.1) is 33.6 Å². The lowest BCUT2D eigenvalue weighted by Gasteiger charge is -2.32. The first-order valence-electron chi connectivity index (χ1n) is 10.4. The normalized spacial score (nSPS) is 19.5. The molecule has 1 aliphatic heterocycles. The van der Waals surface area contributed by atoms with E-state index in [1.807, 2.05) is 23.5 Å². The van der Waals surface area contributed by atoms with E-state index in [0.717, 1.165) is 26.3 Å². The maximum atomic E-state index is 6.54. The van der Waals surface area contributed by atoms with Crippen LogP contribution in [0.1, 0.15) is 32.7 Å². The molecule has 2 aromatic heterocycles. The van der Waals surface area contributed by atoms with Gasteiger partial charge in [0.15, 0.2) is 5.01 Å². The predicted octanol–water partition coefficient (Wildman–Crippen LogP) is 6.28. The van der Waals surface area contributed by atoms with Gasteiger partial charge in [0.2, 0.25) is 0 Å². The average molecular weight is 442 g/mol. The number of nitrogens with zero attached hydrogens (tertiary/aromatic N) is 1. The Morgan fingerprint density at radius 3 is 2.48 bits per heavy atom. The van der Waals surface area contributed by atoms with E-state index in [2.05, 4.69) is 76.3 Å². The van der Waals surface area contributed by atoms with Gasteiger partial charge in [0.1, 0.15) is 17.7 Å². The molecule has 1 fully saturated rings. The molecule has 0 amide bonds. The van der Waals surface area contributed by atoms with Gasteiger partial charge in [-0.1, -0.05) is 18.2 Å². The summed E-state index contributed by atoms with van der Waals surface area (Å²) in [5.41, 5.74) is 2.41. The molecule has 2 aliphatic rings. The number of thiazole rings is 1. The molecule has 0 saturated carbocycles. The Morgan fingerprint density at radius 1 is 0.968 bits per heavy atom. The van der Waals surface area contributed by atoms with E-state index in [-0.39, 0.29) is 0 Å². The molecule has 0 N–H and O–H groups in total. The zero-order valence-electron chi connectivity index (χ0n) is 17.9. The summed E-state index contributed by atoms with van der Waals surface area (Å²) in [5.74, 6) is 0. The molecule has 0 atom stereocenters. The van der Waals surface area contributed by atoms with E-state index < -0.39 is 18.3 Å². The monoisotopic (exact) mass is 442 g/mol. The largest absolute Gasteiger partial charge is 0.497 e. The second kappa shape index (κ2) is 6.58. The summed E-state index contributed by atoms with van der Waals surface area (Å²) in [6.45, 7) is 8.42. The van der Waals surface area contributed by atoms with Crippen LogP contribution in [0.3, 0.4) is 0 Å². The minimum absolute atomic E-state index is 0.397. The van der Waals surface area contributed by atoms with Crippen molar-refractivity contribution in [3.63, 3.8) is 0 Å². The molecule has 0 radical (unpaired) electrons. The third kappa shape index (κ3) is 2.87. The van der Waals surface area contributed by atoms with Gasteiger partial charge in [-0.2, -0.15) is 0 Å². The number of hydrogen-bond acceptors (Lipinski definition) is 5. The van der Waals surface area contributed by atoms with Crippen LogP contribution in [0.2, 0.25) is 0 Å². The van der Waals surface area contributed by atoms with Crippen LogP contribution in [0.15, 0.2) is 54.6 Å². The first-order chi connectivity index (χ1) is 14.8. The summed E-state index contributed by atoms with van der Waals surface area (Å²) in [6, 6.07) is 10.8. The SMILES string of the molecule is CC1(C)OB(c2c3sc(C4=CC=[C+]C=C4)nc3cc3c2sc2ccccc23)OC1(C)C. The van der Waals surface area contributed by atoms with Gasteiger partial charge in [0.25, 0.3) is 0 Å². The zero-order chi connectivity index (χ0) is 21.4. The molecular weight excluding hydrogens is 421 g/mol. The van der Waals surface area contributed by atoms with Crippen molar-refractivity contribution >= 4 is 71.2 Å². The van der Waals surface area contributed by atoms with Gasteiger partial charge in [-0.3, -0.25) is 0 Å². The highest BCUT2D eigenvalue weighted by Gasteiger charge is 2.53. The summed E-state index contributed by atoms with van der Waals surface area (Å²) in [7, 11) is -0.429. The fourth-order valence-electron chi connectivity index (χ4n) is 4.10. The van der Waals surface area contributed by atoms with Crippen LogP contribution in [0.25, 0.3) is 36.0 Å². The highest BCUT2D eigenvalue weighted by atomic mass is 32.1. The van der Waals surface area contributed by atoms with Crippen molar-refractivity contribution < 1.29 is 9.31 Å². The van der Waals surface area contributed by atoms with Crippen LogP contribution in [0, 0.1) is 6.08 Å². The Balaban J connectivity index is 1.66. The Bertz CT molecular complexity index is 1440. The van der Waals surface area contributed by atoms with E-state index >= 15 is 0 Å². The zero-order valence-corrected chi connectivity index (χ0v) is 19.5. The minimum atomic E-state index is -0.429. The molecule has 6 rings (SSSR count). The molecule has 3 nitrogen and oxygen atoms in total. The molecule has 1 aliphatic carbocycles. The number of thiophene rings is 1. The molecule has 1 saturated heterocycles. The maximum absolute atomic E-state index is 6.54. The Labute approximate surface area is 189 Å². The first-order valence-corrected chi connectivity index (χ1v) is 12.0. The number of rotatable bonds is 2. The second-order valence-electron chi connectivity index (χ2n) is 9.01. The molecule has 0 spiro atoms. The molecule has 3 heterocycles. The molecule has 31 heavy (non-hydrogen) atoms. The summed E-state index contributed by atoms with van der Waals surface area (Å²) in [6.07, 6.45) is 11.1. The van der Waals surface area contributed by atoms with Crippen LogP contribution in [0.5, 0.6) is 0 Å². The Morgan fingerprint density at radius 2 is 1.74 bits per heavy atom. The van der Waals surface area contributed by atoms with E-state index in [9.17, 15) is 0 Å². The number of aromatic nitrogens is 1. The molecule has 0 unspecified atom stereocenters. The van der Waals surface area contributed by atoms with Crippen LogP contribution >= 0.6 is 22.7 Å². The van der Waals surface area contributed by atoms with Crippen molar-refractivity contribution in [1.29, 1.82) is 0 Å². The average Bonchev–Trinajstić information content (AvgIpc) is 3.38. The van der Waals surface area contributed by atoms with Crippen LogP contribution in [0.4, 0.5) is 0 Å². The standard InChI is InChI=1S/C25H21BNO2S2/c1-24(2)25(3,4)29-26(28-24)20-21-17(16-12-8-9-13-19(16)30-21)14-18-22(20)31-23(27-18)15-10-6-5-7-11-15/h6-14H,1-4H3/q+1. The van der Waals surface area contributed by atoms with Crippen molar-refractivity contribution in [2.24, 2.45) is 0 Å². The number of fused-ring (bicyclic) bond motifs is 4. The molecule has 6 heteroatoms. The number of hydrogen-bond donors (Lipinski definition) is 0. The third-order valence-electron chi connectivity index (χ3n) is 6.51. The predicted molar refractivity (Wildman–Crippen MR) is 133 cm³/mol. The fraction of sp³-hybridized carbons (Fsp3) is 0.240. The van der Waals surface area contributed by atoms with E-state index in [1.165, 1.54) is 20.2 Å². The van der Waals surface area contributed by atoms with E-state index in [1.54, 1.807) is 11.3 Å². The lowest BCUT2D eigenvalue weighted by Crippen LogP contribution is -2.41. The lowest BCUT2D eigenvalue weighted by molar-refractivity contribution is 0.00578. The van der Waals surface area contributed by atoms with Crippen LogP contribution < -0.4 is 5.46 Å². The topological polar surface area (TPSA) is 31.4 Å². The Hall–Kier alpha value is -2.34. The molecular formula is C25H21BNO2S2+. The maximum Gasteiger partial charge on any atom is 0.497 e. The van der Waals surface area contributed by atoms with E-state index in [4.69, 9.17) is 14.3 Å². The smallest absolute Gasteiger partial charge is 0.399 e. The van der Waals surface area contributed by atoms with E-state index in [0.29, 0.717) is 0 Å². The van der Waals surface area contributed by atoms with Gasteiger partial charge >= 0.3 is 7.12 Å². The molecule has 0 bridgehead atoms. The van der Waals surface area contributed by atoms with Gasteiger partial charge in [-0.25, -0.2) is 4.98 Å². The summed E-state index contributed by atoms with van der Waals surface area (Å²) in [5, 5.41) is 3.48. The van der Waals surface area contributed by atoms with Gasteiger partial charge in [0, 0.05) is 31.7 Å². The lowest BCUT2D eigenvalue weighted by atomic mass is 9.78. The number of benzene rings is 2. The summed E-state index contributed by atoms with van der Waals surface area (Å²) < 4.78 is 16.7. The van der Waals surface area contributed by atoms with Crippen LogP contribution in [-0.2, 0) is 9.31 Å². The van der Waals surface area contributed by atoms with Crippen molar-refractivity contribution in [2.45, 2.75) is 38.9 Å². The van der Waals surface area contributed by atoms with Gasteiger partial charge in [-0.15, -0.1) is 22.7 Å². The van der Waals surface area contributed by atoms with Crippen molar-refractivity contribution in [2.75, 3.05) is 0 Å². The highest BCUT2D eigenvalue weighted by molar-refractivity contribution is 7.28. The summed E-state index contributed by atoms with van der Waals surface area (Å²) in [4.78, 5) is 5.02. The number of allylic oxidation sites excluding steroid dienone is 6. The van der Waals surface area contributed by atoms with Gasteiger partial charge in [-0.05, 0) is 39.8 Å². The fourth-order valence-corrected chi connectivity index (χ4v) is 6.51. The van der Waals surface area contributed by atoms with Crippen molar-refractivity contribution in [1.82, 2.24) is 4.98 Å². The second-order valence-corrected chi connectivity index (χ2v) is 11.1. The van der Waals surface area contributed by atoms with Gasteiger partial charge < -0.3 is 9.31 Å². The molecule has 2 aromatic carbocycles. The Kier molecular flexibility index (Phi) is 4.11. The molecule has 4 aromatic rings. The third-order valence-corrected chi connectivity index (χ3v) is 8.89. The molecule has 152 valence electrons. The highest BCUT2D eigenvalue weighted by Crippen LogP contribution is 2.42. The minimum Gasteiger partial charge on any atom is -0.399 e. The van der Waals surface area contributed by atoms with Crippen molar-refractivity contribution in [3.05, 3.63) is 65.7 Å². The van der Waals surface area contributed by atoms with Crippen molar-refractivity contribution in [3.8, 4) is 0 Å².